The number of benzene rings is 1. The van der Waals surface area contributed by atoms with Crippen LogP contribution in [0.2, 0.25) is 0 Å². The molecule has 1 fully saturated rings. The third-order valence-electron chi connectivity index (χ3n) is 4.33. The molecular weight excluding hydrogens is 312 g/mol. The molecule has 0 aliphatic carbocycles. The van der Waals surface area contributed by atoms with Crippen LogP contribution < -0.4 is 10.1 Å². The number of nitrogens with one attached hydrogen (secondary N) is 1. The Balaban J connectivity index is 1.69. The lowest BCUT2D eigenvalue weighted by Gasteiger charge is -2.37. The summed E-state index contributed by atoms with van der Waals surface area (Å²) in [4.78, 5) is 14.0. The summed E-state index contributed by atoms with van der Waals surface area (Å²) in [5, 5.41) is 2.95. The third kappa shape index (κ3) is 4.70. The Bertz CT molecular complexity index is 565. The number of aryl methyl sites for hydroxylation is 1. The number of amides is 2. The van der Waals surface area contributed by atoms with Gasteiger partial charge in [-0.1, -0.05) is 18.2 Å². The minimum atomic E-state index is -0.826. The molecule has 6 heteroatoms. The Morgan fingerprint density at radius 1 is 1.39 bits per heavy atom. The molecule has 0 spiro atoms. The second-order valence-electron chi connectivity index (χ2n) is 5.92. The lowest BCUT2D eigenvalue weighted by Crippen LogP contribution is -2.55. The highest BCUT2D eigenvalue weighted by atomic mass is 32.2. The van der Waals surface area contributed by atoms with Crippen LogP contribution in [-0.4, -0.2) is 51.9 Å². The van der Waals surface area contributed by atoms with E-state index in [0.29, 0.717) is 25.4 Å². The molecule has 0 bridgehead atoms. The molecule has 0 saturated carbocycles. The molecule has 1 aliphatic rings. The van der Waals surface area contributed by atoms with E-state index in [1.54, 1.807) is 4.90 Å². The van der Waals surface area contributed by atoms with Crippen LogP contribution in [0.4, 0.5) is 4.79 Å². The van der Waals surface area contributed by atoms with Crippen LogP contribution in [0.3, 0.4) is 0 Å². The number of carbonyl (C=O) groups excluding carboxylic acids is 1. The van der Waals surface area contributed by atoms with Crippen molar-refractivity contribution < 1.29 is 13.7 Å². The van der Waals surface area contributed by atoms with E-state index in [9.17, 15) is 9.00 Å². The zero-order valence-corrected chi connectivity index (χ0v) is 14.9. The van der Waals surface area contributed by atoms with Gasteiger partial charge in [-0.25, -0.2) is 4.79 Å². The number of urea groups is 1. The van der Waals surface area contributed by atoms with E-state index in [1.165, 1.54) is 0 Å². The minimum Gasteiger partial charge on any atom is -0.493 e. The van der Waals surface area contributed by atoms with Crippen LogP contribution in [0.25, 0.3) is 0 Å². The summed E-state index contributed by atoms with van der Waals surface area (Å²) in [6.07, 6.45) is 0.754. The summed E-state index contributed by atoms with van der Waals surface area (Å²) in [7, 11) is -0.826. The zero-order chi connectivity index (χ0) is 16.8. The van der Waals surface area contributed by atoms with Gasteiger partial charge in [-0.15, -0.1) is 0 Å². The molecule has 1 heterocycles. The van der Waals surface area contributed by atoms with Gasteiger partial charge in [-0.3, -0.25) is 4.21 Å². The third-order valence-corrected chi connectivity index (χ3v) is 6.14. The van der Waals surface area contributed by atoms with E-state index in [2.05, 4.69) is 5.32 Å². The number of ether oxygens (including phenoxy) is 1. The number of nitrogens with zero attached hydrogens (tertiary/aromatic N) is 1. The summed E-state index contributed by atoms with van der Waals surface area (Å²) in [6.45, 7) is 7.62. The van der Waals surface area contributed by atoms with Gasteiger partial charge in [0.15, 0.2) is 0 Å². The normalized spacial score (nSPS) is 24.3. The first-order valence-electron chi connectivity index (χ1n) is 8.10. The van der Waals surface area contributed by atoms with Crippen molar-refractivity contribution in [3.63, 3.8) is 0 Å². The average molecular weight is 338 g/mol. The summed E-state index contributed by atoms with van der Waals surface area (Å²) >= 11 is 0. The van der Waals surface area contributed by atoms with Crippen molar-refractivity contribution in [3.8, 4) is 5.75 Å². The number of hydrogen-bond acceptors (Lipinski definition) is 3. The van der Waals surface area contributed by atoms with Crippen molar-refractivity contribution >= 4 is 16.8 Å². The number of para-hydroxylation sites is 1. The maximum atomic E-state index is 12.2. The summed E-state index contributed by atoms with van der Waals surface area (Å²) in [6, 6.07) is 7.83. The molecule has 2 amide bonds. The molecule has 3 atom stereocenters. The van der Waals surface area contributed by atoms with Gasteiger partial charge in [0.2, 0.25) is 0 Å². The Kier molecular flexibility index (Phi) is 6.45. The fourth-order valence-corrected chi connectivity index (χ4v) is 3.94. The van der Waals surface area contributed by atoms with Crippen LogP contribution in [0, 0.1) is 6.92 Å². The van der Waals surface area contributed by atoms with Gasteiger partial charge in [-0.05, 0) is 38.8 Å². The maximum absolute atomic E-state index is 12.2. The van der Waals surface area contributed by atoms with Gasteiger partial charge in [0.1, 0.15) is 5.75 Å². The first-order valence-corrected chi connectivity index (χ1v) is 9.49. The highest BCUT2D eigenvalue weighted by Crippen LogP contribution is 2.17. The first-order chi connectivity index (χ1) is 11.0. The Labute approximate surface area is 140 Å². The topological polar surface area (TPSA) is 58.6 Å². The molecule has 1 aromatic rings. The highest BCUT2D eigenvalue weighted by Gasteiger charge is 2.32. The maximum Gasteiger partial charge on any atom is 0.317 e. The van der Waals surface area contributed by atoms with Gasteiger partial charge in [-0.2, -0.15) is 0 Å². The van der Waals surface area contributed by atoms with Crippen LogP contribution in [0.15, 0.2) is 24.3 Å². The second-order valence-corrected chi connectivity index (χ2v) is 7.84. The predicted octanol–water partition coefficient (Wildman–Crippen LogP) is 2.31. The number of rotatable bonds is 5. The standard InChI is InChI=1S/C17H26N2O3S/c1-13-7-4-5-8-16(13)22-11-6-9-18-17(20)19-10-12-23(21)15(3)14(19)2/h4-5,7-8,14-15H,6,9-12H2,1-3H3,(H,18,20)/t14-,15-,23+/m0/s1. The lowest BCUT2D eigenvalue weighted by atomic mass is 10.2. The zero-order valence-electron chi connectivity index (χ0n) is 14.1. The van der Waals surface area contributed by atoms with E-state index in [4.69, 9.17) is 4.74 Å². The fourth-order valence-electron chi connectivity index (χ4n) is 2.61. The van der Waals surface area contributed by atoms with E-state index >= 15 is 0 Å². The fraction of sp³-hybridized carbons (Fsp3) is 0.588. The van der Waals surface area contributed by atoms with E-state index < -0.39 is 10.8 Å². The molecule has 128 valence electrons. The van der Waals surface area contributed by atoms with Crippen molar-refractivity contribution in [1.29, 1.82) is 0 Å². The van der Waals surface area contributed by atoms with E-state index in [1.807, 2.05) is 45.0 Å². The smallest absolute Gasteiger partial charge is 0.317 e. The molecule has 0 aromatic heterocycles. The van der Waals surface area contributed by atoms with Crippen molar-refractivity contribution in [2.75, 3.05) is 25.4 Å². The van der Waals surface area contributed by atoms with E-state index in [0.717, 1.165) is 17.7 Å². The summed E-state index contributed by atoms with van der Waals surface area (Å²) < 4.78 is 17.5. The number of hydrogen-bond donors (Lipinski definition) is 1. The second kappa shape index (κ2) is 8.34. The lowest BCUT2D eigenvalue weighted by molar-refractivity contribution is 0.178. The van der Waals surface area contributed by atoms with E-state index in [-0.39, 0.29) is 17.3 Å². The van der Waals surface area contributed by atoms with Crippen molar-refractivity contribution in [3.05, 3.63) is 29.8 Å². The largest absolute Gasteiger partial charge is 0.493 e. The van der Waals surface area contributed by atoms with Crippen LogP contribution in [0.1, 0.15) is 25.8 Å². The average Bonchev–Trinajstić information content (AvgIpc) is 2.54. The molecule has 1 aromatic carbocycles. The molecular formula is C17H26N2O3S. The van der Waals surface area contributed by atoms with Crippen molar-refractivity contribution in [2.24, 2.45) is 0 Å². The van der Waals surface area contributed by atoms with Crippen molar-refractivity contribution in [1.82, 2.24) is 10.2 Å². The van der Waals surface area contributed by atoms with Gasteiger partial charge >= 0.3 is 6.03 Å². The molecule has 1 N–H and O–H groups in total. The molecule has 1 saturated heterocycles. The monoisotopic (exact) mass is 338 g/mol. The van der Waals surface area contributed by atoms with Crippen molar-refractivity contribution in [2.45, 2.75) is 38.5 Å². The Morgan fingerprint density at radius 2 is 2.13 bits per heavy atom. The predicted molar refractivity (Wildman–Crippen MR) is 93.3 cm³/mol. The van der Waals surface area contributed by atoms with Gasteiger partial charge in [0, 0.05) is 35.7 Å². The van der Waals surface area contributed by atoms with Crippen LogP contribution >= 0.6 is 0 Å². The van der Waals surface area contributed by atoms with Gasteiger partial charge < -0.3 is 15.0 Å². The molecule has 5 nitrogen and oxygen atoms in total. The molecule has 0 unspecified atom stereocenters. The summed E-state index contributed by atoms with van der Waals surface area (Å²) in [5.41, 5.74) is 1.11. The van der Waals surface area contributed by atoms with Crippen LogP contribution in [0.5, 0.6) is 5.75 Å². The van der Waals surface area contributed by atoms with Crippen LogP contribution in [-0.2, 0) is 10.8 Å². The van der Waals surface area contributed by atoms with Gasteiger partial charge in [0.05, 0.1) is 11.9 Å². The minimum absolute atomic E-state index is 0.00722. The quantitative estimate of drug-likeness (QED) is 0.838. The molecule has 1 aliphatic heterocycles. The first kappa shape index (κ1) is 17.8. The molecule has 23 heavy (non-hydrogen) atoms. The number of carbonyl (C=O) groups is 1. The highest BCUT2D eigenvalue weighted by molar-refractivity contribution is 7.85. The Morgan fingerprint density at radius 3 is 2.87 bits per heavy atom. The molecule has 0 radical (unpaired) electrons. The molecule has 2 rings (SSSR count). The van der Waals surface area contributed by atoms with Gasteiger partial charge in [0.25, 0.3) is 0 Å². The SMILES string of the molecule is Cc1ccccc1OCCCNC(=O)N1CC[S@@](=O)[C@@H](C)[C@@H]1C. The summed E-state index contributed by atoms with van der Waals surface area (Å²) in [5.74, 6) is 1.45. The Hall–Kier alpha value is -1.56.